The fourth-order valence-electron chi connectivity index (χ4n) is 3.05. The maximum absolute atomic E-state index is 11.0. The molecule has 1 N–H and O–H groups in total. The van der Waals surface area contributed by atoms with Gasteiger partial charge in [-0.3, -0.25) is 4.79 Å². The van der Waals surface area contributed by atoms with E-state index >= 15 is 0 Å². The van der Waals surface area contributed by atoms with Gasteiger partial charge in [-0.25, -0.2) is 0 Å². The van der Waals surface area contributed by atoms with Crippen LogP contribution in [0.25, 0.3) is 0 Å². The van der Waals surface area contributed by atoms with Crippen LogP contribution in [0.1, 0.15) is 66.2 Å². The van der Waals surface area contributed by atoms with E-state index in [-0.39, 0.29) is 5.91 Å². The molecule has 0 heterocycles. The predicted molar refractivity (Wildman–Crippen MR) is 68.3 cm³/mol. The van der Waals surface area contributed by atoms with Crippen LogP contribution >= 0.6 is 0 Å². The lowest BCUT2D eigenvalue weighted by Crippen LogP contribution is -2.39. The molecule has 2 heteroatoms. The minimum absolute atomic E-state index is 0.122. The summed E-state index contributed by atoms with van der Waals surface area (Å²) in [5.74, 6) is 0.977. The van der Waals surface area contributed by atoms with Gasteiger partial charge in [0.05, 0.1) is 0 Å². The highest BCUT2D eigenvalue weighted by molar-refractivity contribution is 5.73. The average molecular weight is 225 g/mol. The first-order valence-electron chi connectivity index (χ1n) is 6.79. The summed E-state index contributed by atoms with van der Waals surface area (Å²) >= 11 is 0. The molecule has 0 atom stereocenters. The largest absolute Gasteiger partial charge is 0.354 e. The van der Waals surface area contributed by atoms with Gasteiger partial charge in [-0.1, -0.05) is 33.6 Å². The number of carbonyl (C=O) groups excluding carboxylic acids is 1. The van der Waals surface area contributed by atoms with Crippen LogP contribution in [0, 0.1) is 11.3 Å². The highest BCUT2D eigenvalue weighted by atomic mass is 16.1. The molecule has 1 amide bonds. The standard InChI is InChI=1S/C14H27NO/c1-5-14(4,6-2)12-7-9-13(10-8-12)15-11(3)16/h12-13H,5-10H2,1-4H3,(H,15,16). The Bertz CT molecular complexity index is 225. The lowest BCUT2D eigenvalue weighted by molar-refractivity contribution is -0.120. The summed E-state index contributed by atoms with van der Waals surface area (Å²) < 4.78 is 0. The maximum atomic E-state index is 11.0. The summed E-state index contributed by atoms with van der Waals surface area (Å²) in [4.78, 5) is 11.0. The van der Waals surface area contributed by atoms with E-state index in [4.69, 9.17) is 0 Å². The Hall–Kier alpha value is -0.530. The number of nitrogens with one attached hydrogen (secondary N) is 1. The third-order valence-corrected chi connectivity index (χ3v) is 4.74. The normalized spacial score (nSPS) is 26.5. The van der Waals surface area contributed by atoms with Crippen molar-refractivity contribution in [2.24, 2.45) is 11.3 Å². The lowest BCUT2D eigenvalue weighted by Gasteiger charge is -2.41. The van der Waals surface area contributed by atoms with Gasteiger partial charge in [-0.15, -0.1) is 0 Å². The van der Waals surface area contributed by atoms with Gasteiger partial charge in [-0.05, 0) is 37.0 Å². The second kappa shape index (κ2) is 5.70. The summed E-state index contributed by atoms with van der Waals surface area (Å²) in [7, 11) is 0. The molecule has 1 aliphatic carbocycles. The van der Waals surface area contributed by atoms with Crippen molar-refractivity contribution in [1.29, 1.82) is 0 Å². The van der Waals surface area contributed by atoms with Crippen molar-refractivity contribution in [1.82, 2.24) is 5.32 Å². The van der Waals surface area contributed by atoms with Gasteiger partial charge in [-0.2, -0.15) is 0 Å². The zero-order chi connectivity index (χ0) is 12.2. The molecule has 1 aliphatic rings. The van der Waals surface area contributed by atoms with E-state index in [1.807, 2.05) is 0 Å². The monoisotopic (exact) mass is 225 g/mol. The van der Waals surface area contributed by atoms with E-state index in [9.17, 15) is 4.79 Å². The molecule has 0 aliphatic heterocycles. The second-order valence-corrected chi connectivity index (χ2v) is 5.61. The molecule has 0 radical (unpaired) electrons. The second-order valence-electron chi connectivity index (χ2n) is 5.61. The van der Waals surface area contributed by atoms with Crippen molar-refractivity contribution in [2.45, 2.75) is 72.3 Å². The van der Waals surface area contributed by atoms with Gasteiger partial charge in [0.2, 0.25) is 5.91 Å². The molecule has 0 aromatic rings. The SMILES string of the molecule is CCC(C)(CC)C1CCC(NC(C)=O)CC1. The molecule has 0 aromatic heterocycles. The van der Waals surface area contributed by atoms with Crippen LogP contribution in [0.15, 0.2) is 0 Å². The van der Waals surface area contributed by atoms with Gasteiger partial charge in [0.15, 0.2) is 0 Å². The van der Waals surface area contributed by atoms with Crippen molar-refractivity contribution < 1.29 is 4.79 Å². The van der Waals surface area contributed by atoms with Gasteiger partial charge in [0.25, 0.3) is 0 Å². The molecule has 94 valence electrons. The molecule has 1 saturated carbocycles. The molecule has 0 bridgehead atoms. The molecule has 0 aromatic carbocycles. The third kappa shape index (κ3) is 3.23. The smallest absolute Gasteiger partial charge is 0.217 e. The lowest BCUT2D eigenvalue weighted by atomic mass is 9.66. The highest BCUT2D eigenvalue weighted by Crippen LogP contribution is 2.43. The first-order valence-corrected chi connectivity index (χ1v) is 6.79. The van der Waals surface area contributed by atoms with Crippen LogP contribution in [0.4, 0.5) is 0 Å². The number of rotatable bonds is 4. The van der Waals surface area contributed by atoms with Crippen LogP contribution in [-0.4, -0.2) is 11.9 Å². The van der Waals surface area contributed by atoms with Crippen LogP contribution in [-0.2, 0) is 4.79 Å². The predicted octanol–water partition coefficient (Wildman–Crippen LogP) is 3.51. The zero-order valence-corrected chi connectivity index (χ0v) is 11.3. The van der Waals surface area contributed by atoms with E-state index in [2.05, 4.69) is 26.1 Å². The van der Waals surface area contributed by atoms with E-state index in [0.717, 1.165) is 5.92 Å². The van der Waals surface area contributed by atoms with Crippen molar-refractivity contribution in [3.05, 3.63) is 0 Å². The Morgan fingerprint density at radius 2 is 1.69 bits per heavy atom. The van der Waals surface area contributed by atoms with Crippen LogP contribution < -0.4 is 5.32 Å². The third-order valence-electron chi connectivity index (χ3n) is 4.74. The van der Waals surface area contributed by atoms with E-state index in [1.54, 1.807) is 6.92 Å². The number of hydrogen-bond donors (Lipinski definition) is 1. The summed E-state index contributed by atoms with van der Waals surface area (Å²) in [5.41, 5.74) is 0.515. The molecule has 2 nitrogen and oxygen atoms in total. The first kappa shape index (κ1) is 13.5. The maximum Gasteiger partial charge on any atom is 0.217 e. The van der Waals surface area contributed by atoms with E-state index < -0.39 is 0 Å². The minimum atomic E-state index is 0.122. The molecular formula is C14H27NO. The molecule has 1 rings (SSSR count). The highest BCUT2D eigenvalue weighted by Gasteiger charge is 2.33. The van der Waals surface area contributed by atoms with E-state index in [0.29, 0.717) is 11.5 Å². The fourth-order valence-corrected chi connectivity index (χ4v) is 3.05. The fraction of sp³-hybridized carbons (Fsp3) is 0.929. The Morgan fingerprint density at radius 3 is 2.06 bits per heavy atom. The topological polar surface area (TPSA) is 29.1 Å². The van der Waals surface area contributed by atoms with Crippen LogP contribution in [0.2, 0.25) is 0 Å². The Balaban J connectivity index is 2.45. The van der Waals surface area contributed by atoms with Crippen LogP contribution in [0.5, 0.6) is 0 Å². The minimum Gasteiger partial charge on any atom is -0.354 e. The quantitative estimate of drug-likeness (QED) is 0.779. The van der Waals surface area contributed by atoms with Gasteiger partial charge >= 0.3 is 0 Å². The summed E-state index contributed by atoms with van der Waals surface area (Å²) in [5, 5.41) is 3.05. The zero-order valence-electron chi connectivity index (χ0n) is 11.3. The number of amides is 1. The number of carbonyl (C=O) groups is 1. The molecule has 0 spiro atoms. The Labute approximate surface area is 100 Å². The van der Waals surface area contributed by atoms with Crippen LogP contribution in [0.3, 0.4) is 0 Å². The van der Waals surface area contributed by atoms with Crippen molar-refractivity contribution in [2.75, 3.05) is 0 Å². The van der Waals surface area contributed by atoms with E-state index in [1.165, 1.54) is 38.5 Å². The Kier molecular flexibility index (Phi) is 4.82. The molecule has 1 fully saturated rings. The van der Waals surface area contributed by atoms with Gasteiger partial charge in [0.1, 0.15) is 0 Å². The average Bonchev–Trinajstić information content (AvgIpc) is 2.28. The Morgan fingerprint density at radius 1 is 1.19 bits per heavy atom. The molecule has 0 unspecified atom stereocenters. The van der Waals surface area contributed by atoms with Gasteiger partial charge in [0, 0.05) is 13.0 Å². The molecule has 0 saturated heterocycles. The first-order chi connectivity index (χ1) is 7.51. The summed E-state index contributed by atoms with van der Waals surface area (Å²) in [6.45, 7) is 8.66. The van der Waals surface area contributed by atoms with Crippen molar-refractivity contribution in [3.8, 4) is 0 Å². The molecule has 16 heavy (non-hydrogen) atoms. The van der Waals surface area contributed by atoms with Crippen molar-refractivity contribution in [3.63, 3.8) is 0 Å². The van der Waals surface area contributed by atoms with Gasteiger partial charge < -0.3 is 5.32 Å². The molecular weight excluding hydrogens is 198 g/mol. The number of hydrogen-bond acceptors (Lipinski definition) is 1. The summed E-state index contributed by atoms with van der Waals surface area (Å²) in [6.07, 6.45) is 7.45. The summed E-state index contributed by atoms with van der Waals surface area (Å²) in [6, 6.07) is 0.437. The van der Waals surface area contributed by atoms with Crippen molar-refractivity contribution >= 4 is 5.91 Å².